The summed E-state index contributed by atoms with van der Waals surface area (Å²) in [6.45, 7) is 5.26. The van der Waals surface area contributed by atoms with E-state index in [1.807, 2.05) is 13.8 Å². The SMILES string of the molecule is CCN(CC)C(=O)CSc1cc(N)cc(F)c1. The molecule has 0 bridgehead atoms. The lowest BCUT2D eigenvalue weighted by molar-refractivity contribution is -0.127. The van der Waals surface area contributed by atoms with E-state index in [1.54, 1.807) is 11.0 Å². The van der Waals surface area contributed by atoms with Crippen molar-refractivity contribution >= 4 is 23.4 Å². The Morgan fingerprint density at radius 2 is 2.00 bits per heavy atom. The fraction of sp³-hybridized carbons (Fsp3) is 0.417. The molecule has 1 rings (SSSR count). The van der Waals surface area contributed by atoms with Crippen LogP contribution in [0.1, 0.15) is 13.8 Å². The second-order valence-electron chi connectivity index (χ2n) is 3.57. The van der Waals surface area contributed by atoms with E-state index in [0.717, 1.165) is 0 Å². The molecule has 0 aromatic heterocycles. The number of nitrogen functional groups attached to an aromatic ring is 1. The second kappa shape index (κ2) is 6.49. The van der Waals surface area contributed by atoms with Crippen LogP contribution in [-0.2, 0) is 4.79 Å². The van der Waals surface area contributed by atoms with Crippen molar-refractivity contribution in [1.82, 2.24) is 4.90 Å². The molecule has 94 valence electrons. The zero-order valence-electron chi connectivity index (χ0n) is 10.1. The third-order valence-electron chi connectivity index (χ3n) is 2.37. The van der Waals surface area contributed by atoms with Gasteiger partial charge in [0.05, 0.1) is 5.75 Å². The number of anilines is 1. The molecule has 0 aliphatic rings. The molecule has 0 radical (unpaired) electrons. The molecule has 0 saturated heterocycles. The Balaban J connectivity index is 2.58. The van der Waals surface area contributed by atoms with Gasteiger partial charge in [-0.2, -0.15) is 0 Å². The summed E-state index contributed by atoms with van der Waals surface area (Å²) in [6, 6.07) is 4.32. The summed E-state index contributed by atoms with van der Waals surface area (Å²) < 4.78 is 13.1. The van der Waals surface area contributed by atoms with Crippen LogP contribution in [0.4, 0.5) is 10.1 Å². The number of nitrogens with zero attached hydrogens (tertiary/aromatic N) is 1. The lowest BCUT2D eigenvalue weighted by atomic mass is 10.3. The highest BCUT2D eigenvalue weighted by Gasteiger charge is 2.10. The largest absolute Gasteiger partial charge is 0.399 e. The fourth-order valence-corrected chi connectivity index (χ4v) is 2.37. The topological polar surface area (TPSA) is 46.3 Å². The number of benzene rings is 1. The molecule has 0 saturated carbocycles. The van der Waals surface area contributed by atoms with E-state index in [4.69, 9.17) is 5.73 Å². The van der Waals surface area contributed by atoms with Gasteiger partial charge in [0.2, 0.25) is 5.91 Å². The third kappa shape index (κ3) is 4.26. The molecule has 1 amide bonds. The number of nitrogens with two attached hydrogens (primary N) is 1. The Bertz CT molecular complexity index is 374. The highest BCUT2D eigenvalue weighted by Crippen LogP contribution is 2.22. The quantitative estimate of drug-likeness (QED) is 0.650. The Hall–Kier alpha value is -1.23. The van der Waals surface area contributed by atoms with Gasteiger partial charge in [0.1, 0.15) is 5.82 Å². The molecule has 1 aromatic carbocycles. The number of thioether (sulfide) groups is 1. The van der Waals surface area contributed by atoms with Crippen LogP contribution >= 0.6 is 11.8 Å². The molecule has 17 heavy (non-hydrogen) atoms. The van der Waals surface area contributed by atoms with Crippen molar-refractivity contribution in [1.29, 1.82) is 0 Å². The first-order chi connectivity index (χ1) is 8.06. The number of hydrogen-bond acceptors (Lipinski definition) is 3. The van der Waals surface area contributed by atoms with Crippen molar-refractivity contribution in [3.63, 3.8) is 0 Å². The number of carbonyl (C=O) groups excluding carboxylic acids is 1. The standard InChI is InChI=1S/C12H17FN2OS/c1-3-15(4-2)12(16)8-17-11-6-9(13)5-10(14)7-11/h5-7H,3-4,8,14H2,1-2H3. The molecule has 0 unspecified atom stereocenters. The van der Waals surface area contributed by atoms with Crippen molar-refractivity contribution in [3.05, 3.63) is 24.0 Å². The molecule has 0 atom stereocenters. The van der Waals surface area contributed by atoms with Gasteiger partial charge < -0.3 is 10.6 Å². The average molecular weight is 256 g/mol. The third-order valence-corrected chi connectivity index (χ3v) is 3.33. The lowest BCUT2D eigenvalue weighted by Gasteiger charge is -2.18. The van der Waals surface area contributed by atoms with Gasteiger partial charge in [-0.3, -0.25) is 4.79 Å². The monoisotopic (exact) mass is 256 g/mol. The van der Waals surface area contributed by atoms with Gasteiger partial charge >= 0.3 is 0 Å². The zero-order valence-corrected chi connectivity index (χ0v) is 10.9. The Morgan fingerprint density at radius 3 is 2.53 bits per heavy atom. The van der Waals surface area contributed by atoms with Crippen LogP contribution in [0, 0.1) is 5.82 Å². The summed E-state index contributed by atoms with van der Waals surface area (Å²) >= 11 is 1.30. The molecular weight excluding hydrogens is 239 g/mol. The van der Waals surface area contributed by atoms with Gasteiger partial charge in [-0.15, -0.1) is 11.8 Å². The van der Waals surface area contributed by atoms with Crippen molar-refractivity contribution in [2.75, 3.05) is 24.6 Å². The highest BCUT2D eigenvalue weighted by molar-refractivity contribution is 8.00. The second-order valence-corrected chi connectivity index (χ2v) is 4.62. The zero-order chi connectivity index (χ0) is 12.8. The first kappa shape index (κ1) is 13.8. The van der Waals surface area contributed by atoms with Crippen LogP contribution in [0.15, 0.2) is 23.1 Å². The average Bonchev–Trinajstić information content (AvgIpc) is 2.27. The molecule has 0 aliphatic heterocycles. The minimum atomic E-state index is -0.372. The minimum absolute atomic E-state index is 0.0582. The summed E-state index contributed by atoms with van der Waals surface area (Å²) in [7, 11) is 0. The summed E-state index contributed by atoms with van der Waals surface area (Å²) in [5.74, 6) is -0.00415. The van der Waals surface area contributed by atoms with Gasteiger partial charge in [-0.25, -0.2) is 4.39 Å². The molecule has 2 N–H and O–H groups in total. The van der Waals surface area contributed by atoms with Gasteiger partial charge in [-0.05, 0) is 32.0 Å². The van der Waals surface area contributed by atoms with Gasteiger partial charge in [-0.1, -0.05) is 0 Å². The number of amides is 1. The Labute approximate surface area is 105 Å². The van der Waals surface area contributed by atoms with Crippen LogP contribution in [0.5, 0.6) is 0 Å². The summed E-state index contributed by atoms with van der Waals surface area (Å²) in [6.07, 6.45) is 0. The van der Waals surface area contributed by atoms with Gasteiger partial charge in [0, 0.05) is 23.7 Å². The lowest BCUT2D eigenvalue weighted by Crippen LogP contribution is -2.31. The van der Waals surface area contributed by atoms with E-state index in [0.29, 0.717) is 29.4 Å². The van der Waals surface area contributed by atoms with Crippen LogP contribution in [0.3, 0.4) is 0 Å². The minimum Gasteiger partial charge on any atom is -0.399 e. The summed E-state index contributed by atoms with van der Waals surface area (Å²) in [4.78, 5) is 14.2. The van der Waals surface area contributed by atoms with Crippen molar-refractivity contribution in [2.45, 2.75) is 18.7 Å². The molecule has 3 nitrogen and oxygen atoms in total. The molecule has 0 spiro atoms. The maximum atomic E-state index is 13.1. The van der Waals surface area contributed by atoms with E-state index in [9.17, 15) is 9.18 Å². The van der Waals surface area contributed by atoms with Crippen molar-refractivity contribution in [3.8, 4) is 0 Å². The van der Waals surface area contributed by atoms with Crippen LogP contribution in [0.25, 0.3) is 0 Å². The predicted octanol–water partition coefficient (Wildman–Crippen LogP) is 2.37. The number of carbonyl (C=O) groups is 1. The van der Waals surface area contributed by atoms with E-state index < -0.39 is 0 Å². The van der Waals surface area contributed by atoms with E-state index in [-0.39, 0.29) is 11.7 Å². The van der Waals surface area contributed by atoms with Crippen molar-refractivity contribution in [2.24, 2.45) is 0 Å². The van der Waals surface area contributed by atoms with Crippen LogP contribution in [0.2, 0.25) is 0 Å². The first-order valence-corrected chi connectivity index (χ1v) is 6.52. The highest BCUT2D eigenvalue weighted by atomic mass is 32.2. The maximum Gasteiger partial charge on any atom is 0.232 e. The normalized spacial score (nSPS) is 10.3. The first-order valence-electron chi connectivity index (χ1n) is 5.53. The van der Waals surface area contributed by atoms with Crippen molar-refractivity contribution < 1.29 is 9.18 Å². The summed E-state index contributed by atoms with van der Waals surface area (Å²) in [5.41, 5.74) is 5.91. The molecule has 0 aliphatic carbocycles. The summed E-state index contributed by atoms with van der Waals surface area (Å²) in [5, 5.41) is 0. The van der Waals surface area contributed by atoms with Crippen LogP contribution in [-0.4, -0.2) is 29.6 Å². The van der Waals surface area contributed by atoms with E-state index in [2.05, 4.69) is 0 Å². The van der Waals surface area contributed by atoms with Gasteiger partial charge in [0.25, 0.3) is 0 Å². The maximum absolute atomic E-state index is 13.1. The molecule has 0 fully saturated rings. The molecular formula is C12H17FN2OS. The molecule has 5 heteroatoms. The van der Waals surface area contributed by atoms with E-state index in [1.165, 1.54) is 23.9 Å². The Kier molecular flexibility index (Phi) is 5.28. The van der Waals surface area contributed by atoms with Crippen LogP contribution < -0.4 is 5.73 Å². The smallest absolute Gasteiger partial charge is 0.232 e. The molecule has 0 heterocycles. The molecule has 1 aromatic rings. The van der Waals surface area contributed by atoms with E-state index >= 15 is 0 Å². The fourth-order valence-electron chi connectivity index (χ4n) is 1.48. The number of rotatable bonds is 5. The predicted molar refractivity (Wildman–Crippen MR) is 69.5 cm³/mol. The number of hydrogen-bond donors (Lipinski definition) is 1. The Morgan fingerprint density at radius 1 is 1.35 bits per heavy atom. The number of halogens is 1. The van der Waals surface area contributed by atoms with Gasteiger partial charge in [0.15, 0.2) is 0 Å².